The van der Waals surface area contributed by atoms with Crippen molar-refractivity contribution in [3.63, 3.8) is 0 Å². The molecule has 0 aromatic carbocycles. The largest absolute Gasteiger partial charge is 0.356 e. The predicted molar refractivity (Wildman–Crippen MR) is 74.1 cm³/mol. The van der Waals surface area contributed by atoms with Gasteiger partial charge in [-0.25, -0.2) is 0 Å². The molecule has 4 nitrogen and oxygen atoms in total. The summed E-state index contributed by atoms with van der Waals surface area (Å²) in [5, 5.41) is 4.90. The first-order valence-electron chi connectivity index (χ1n) is 6.82. The van der Waals surface area contributed by atoms with Crippen molar-refractivity contribution in [1.82, 2.24) is 10.2 Å². The van der Waals surface area contributed by atoms with Gasteiger partial charge < -0.3 is 10.2 Å². The van der Waals surface area contributed by atoms with Crippen LogP contribution in [0.5, 0.6) is 0 Å². The van der Waals surface area contributed by atoms with E-state index in [2.05, 4.69) is 5.32 Å². The first kappa shape index (κ1) is 12.7. The Bertz CT molecular complexity index is 476. The Morgan fingerprint density at radius 2 is 2.11 bits per heavy atom. The van der Waals surface area contributed by atoms with E-state index in [-0.39, 0.29) is 17.2 Å². The Morgan fingerprint density at radius 1 is 1.32 bits per heavy atom. The molecular weight excluding hydrogens is 260 g/mol. The molecule has 0 saturated carbocycles. The molecule has 0 atom stereocenters. The molecule has 0 radical (unpaired) electrons. The van der Waals surface area contributed by atoms with Gasteiger partial charge in [0.05, 0.1) is 10.3 Å². The number of hydrogen-bond donors (Lipinski definition) is 1. The summed E-state index contributed by atoms with van der Waals surface area (Å²) in [6.45, 7) is 2.20. The topological polar surface area (TPSA) is 49.4 Å². The van der Waals surface area contributed by atoms with Gasteiger partial charge in [-0.05, 0) is 37.1 Å². The quantitative estimate of drug-likeness (QED) is 0.852. The number of rotatable bonds is 1. The Kier molecular flexibility index (Phi) is 3.31. The van der Waals surface area contributed by atoms with Crippen LogP contribution in [0.2, 0.25) is 0 Å². The molecule has 2 saturated heterocycles. The summed E-state index contributed by atoms with van der Waals surface area (Å²) < 4.78 is 0. The van der Waals surface area contributed by atoms with Gasteiger partial charge in [-0.15, -0.1) is 11.3 Å². The van der Waals surface area contributed by atoms with E-state index < -0.39 is 0 Å². The highest BCUT2D eigenvalue weighted by molar-refractivity contribution is 7.12. The van der Waals surface area contributed by atoms with Crippen LogP contribution in [-0.2, 0) is 4.79 Å². The maximum absolute atomic E-state index is 12.2. The number of amides is 2. The minimum Gasteiger partial charge on any atom is -0.356 e. The standard InChI is InChI=1S/C14H18N2O2S/c17-12(11-3-1-10-19-11)16-8-5-14(6-9-16)4-2-7-15-13(14)18/h1,3,10H,2,4-9H2,(H,15,18). The normalized spacial score (nSPS) is 22.3. The molecule has 0 bridgehead atoms. The molecule has 2 aliphatic rings. The SMILES string of the molecule is O=C(c1cccs1)N1CCC2(CCCNC2=O)CC1. The minimum atomic E-state index is -0.204. The molecule has 1 N–H and O–H groups in total. The van der Waals surface area contributed by atoms with E-state index in [9.17, 15) is 9.59 Å². The Morgan fingerprint density at radius 3 is 2.74 bits per heavy atom. The van der Waals surface area contributed by atoms with Crippen LogP contribution < -0.4 is 5.32 Å². The van der Waals surface area contributed by atoms with Crippen LogP contribution >= 0.6 is 11.3 Å². The number of thiophene rings is 1. The molecule has 5 heteroatoms. The Balaban J connectivity index is 1.66. The molecule has 19 heavy (non-hydrogen) atoms. The predicted octanol–water partition coefficient (Wildman–Crippen LogP) is 1.88. The number of hydrogen-bond acceptors (Lipinski definition) is 3. The van der Waals surface area contributed by atoms with Crippen molar-refractivity contribution in [3.05, 3.63) is 22.4 Å². The van der Waals surface area contributed by atoms with E-state index in [1.807, 2.05) is 22.4 Å². The van der Waals surface area contributed by atoms with Crippen molar-refractivity contribution in [3.8, 4) is 0 Å². The zero-order chi connectivity index (χ0) is 13.3. The second-order valence-corrected chi connectivity index (χ2v) is 6.36. The van der Waals surface area contributed by atoms with Crippen LogP contribution in [0.4, 0.5) is 0 Å². The van der Waals surface area contributed by atoms with Crippen molar-refractivity contribution in [2.45, 2.75) is 25.7 Å². The first-order chi connectivity index (χ1) is 9.21. The first-order valence-corrected chi connectivity index (χ1v) is 7.70. The maximum Gasteiger partial charge on any atom is 0.263 e. The zero-order valence-corrected chi connectivity index (χ0v) is 11.7. The van der Waals surface area contributed by atoms with Gasteiger partial charge in [0, 0.05) is 19.6 Å². The molecule has 2 fully saturated rings. The Hall–Kier alpha value is -1.36. The van der Waals surface area contributed by atoms with Crippen LogP contribution in [0, 0.1) is 5.41 Å². The third-order valence-electron chi connectivity index (χ3n) is 4.34. The highest BCUT2D eigenvalue weighted by atomic mass is 32.1. The van der Waals surface area contributed by atoms with E-state index in [4.69, 9.17) is 0 Å². The average molecular weight is 278 g/mol. The van der Waals surface area contributed by atoms with E-state index in [0.717, 1.165) is 37.1 Å². The number of piperidine rings is 2. The molecule has 3 rings (SSSR count). The fraction of sp³-hybridized carbons (Fsp3) is 0.571. The molecule has 1 aromatic heterocycles. The van der Waals surface area contributed by atoms with Crippen LogP contribution in [0.1, 0.15) is 35.4 Å². The van der Waals surface area contributed by atoms with Gasteiger partial charge >= 0.3 is 0 Å². The summed E-state index contributed by atoms with van der Waals surface area (Å²) in [7, 11) is 0. The lowest BCUT2D eigenvalue weighted by Crippen LogP contribution is -2.52. The number of carbonyl (C=O) groups excluding carboxylic acids is 2. The van der Waals surface area contributed by atoms with Crippen LogP contribution in [0.25, 0.3) is 0 Å². The van der Waals surface area contributed by atoms with E-state index >= 15 is 0 Å². The molecule has 2 aliphatic heterocycles. The van der Waals surface area contributed by atoms with Crippen molar-refractivity contribution in [1.29, 1.82) is 0 Å². The second kappa shape index (κ2) is 4.96. The molecule has 2 amide bonds. The molecular formula is C14H18N2O2S. The van der Waals surface area contributed by atoms with Gasteiger partial charge in [-0.1, -0.05) is 6.07 Å². The van der Waals surface area contributed by atoms with Gasteiger partial charge in [0.2, 0.25) is 5.91 Å². The van der Waals surface area contributed by atoms with E-state index in [0.29, 0.717) is 13.1 Å². The van der Waals surface area contributed by atoms with E-state index in [1.54, 1.807) is 0 Å². The fourth-order valence-corrected chi connectivity index (χ4v) is 3.79. The van der Waals surface area contributed by atoms with Crippen molar-refractivity contribution >= 4 is 23.2 Å². The Labute approximate surface area is 116 Å². The molecule has 3 heterocycles. The lowest BCUT2D eigenvalue weighted by molar-refractivity contribution is -0.136. The van der Waals surface area contributed by atoms with Crippen LogP contribution in [0.15, 0.2) is 17.5 Å². The lowest BCUT2D eigenvalue weighted by Gasteiger charge is -2.42. The monoisotopic (exact) mass is 278 g/mol. The van der Waals surface area contributed by atoms with Gasteiger partial charge in [0.25, 0.3) is 5.91 Å². The summed E-state index contributed by atoms with van der Waals surface area (Å²) in [4.78, 5) is 27.0. The van der Waals surface area contributed by atoms with Gasteiger partial charge in [0.15, 0.2) is 0 Å². The van der Waals surface area contributed by atoms with Crippen molar-refractivity contribution in [2.24, 2.45) is 5.41 Å². The summed E-state index contributed by atoms with van der Waals surface area (Å²) in [5.74, 6) is 0.308. The average Bonchev–Trinajstić information content (AvgIpc) is 2.96. The second-order valence-electron chi connectivity index (χ2n) is 5.41. The number of carbonyl (C=O) groups is 2. The summed E-state index contributed by atoms with van der Waals surface area (Å²) >= 11 is 1.48. The maximum atomic E-state index is 12.2. The number of nitrogens with one attached hydrogen (secondary N) is 1. The molecule has 1 aromatic rings. The summed E-state index contributed by atoms with van der Waals surface area (Å²) in [5.41, 5.74) is -0.204. The number of likely N-dealkylation sites (tertiary alicyclic amines) is 1. The van der Waals surface area contributed by atoms with Crippen LogP contribution in [-0.4, -0.2) is 36.3 Å². The highest BCUT2D eigenvalue weighted by Crippen LogP contribution is 2.38. The minimum absolute atomic E-state index is 0.112. The third-order valence-corrected chi connectivity index (χ3v) is 5.20. The van der Waals surface area contributed by atoms with Crippen LogP contribution in [0.3, 0.4) is 0 Å². The summed E-state index contributed by atoms with van der Waals surface area (Å²) in [6, 6.07) is 3.77. The van der Waals surface area contributed by atoms with E-state index in [1.165, 1.54) is 11.3 Å². The van der Waals surface area contributed by atoms with Gasteiger partial charge in [-0.2, -0.15) is 0 Å². The smallest absolute Gasteiger partial charge is 0.263 e. The summed E-state index contributed by atoms with van der Waals surface area (Å²) in [6.07, 6.45) is 3.64. The molecule has 102 valence electrons. The lowest BCUT2D eigenvalue weighted by atomic mass is 9.72. The van der Waals surface area contributed by atoms with Gasteiger partial charge in [-0.3, -0.25) is 9.59 Å². The van der Waals surface area contributed by atoms with Crippen molar-refractivity contribution < 1.29 is 9.59 Å². The third kappa shape index (κ3) is 2.27. The highest BCUT2D eigenvalue weighted by Gasteiger charge is 2.43. The molecule has 1 spiro atoms. The van der Waals surface area contributed by atoms with Crippen molar-refractivity contribution in [2.75, 3.05) is 19.6 Å². The molecule has 0 unspecified atom stereocenters. The number of nitrogens with zero attached hydrogens (tertiary/aromatic N) is 1. The molecule has 0 aliphatic carbocycles. The fourth-order valence-electron chi connectivity index (χ4n) is 3.10. The van der Waals surface area contributed by atoms with Gasteiger partial charge in [0.1, 0.15) is 0 Å². The zero-order valence-electron chi connectivity index (χ0n) is 10.9.